The summed E-state index contributed by atoms with van der Waals surface area (Å²) >= 11 is 5.88. The number of carbonyl (C=O) groups is 1. The molecule has 1 nitrogen and oxygen atoms in total. The van der Waals surface area contributed by atoms with Crippen molar-refractivity contribution in [2.75, 3.05) is 0 Å². The summed E-state index contributed by atoms with van der Waals surface area (Å²) < 4.78 is 26.5. The Hall–Kier alpha value is -1.74. The van der Waals surface area contributed by atoms with Crippen LogP contribution in [0.3, 0.4) is 0 Å². The summed E-state index contributed by atoms with van der Waals surface area (Å²) in [5, 5.41) is 0.0248. The molecule has 0 aliphatic rings. The first kappa shape index (κ1) is 13.7. The van der Waals surface area contributed by atoms with Gasteiger partial charge in [-0.1, -0.05) is 17.7 Å². The standard InChI is InChI=1S/C15H11ClF2O/c1-8-3-4-10(17)6-11(8)15(19)12-5-9(2)14(18)7-13(12)16/h3-7H,1-2H3. The number of carbonyl (C=O) groups excluding carboxylic acids is 1. The van der Waals surface area contributed by atoms with Gasteiger partial charge in [0, 0.05) is 11.1 Å². The van der Waals surface area contributed by atoms with E-state index < -0.39 is 17.4 Å². The maximum absolute atomic E-state index is 13.3. The van der Waals surface area contributed by atoms with Gasteiger partial charge in [0.25, 0.3) is 0 Å². The minimum atomic E-state index is -0.496. The quantitative estimate of drug-likeness (QED) is 0.742. The molecular formula is C15H11ClF2O. The minimum Gasteiger partial charge on any atom is -0.289 e. The van der Waals surface area contributed by atoms with Crippen LogP contribution in [-0.2, 0) is 0 Å². The van der Waals surface area contributed by atoms with E-state index in [2.05, 4.69) is 0 Å². The zero-order chi connectivity index (χ0) is 14.2. The van der Waals surface area contributed by atoms with Gasteiger partial charge in [-0.25, -0.2) is 8.78 Å². The Morgan fingerprint density at radius 3 is 2.37 bits per heavy atom. The predicted molar refractivity (Wildman–Crippen MR) is 70.7 cm³/mol. The first-order chi connectivity index (χ1) is 8.90. The van der Waals surface area contributed by atoms with Crippen molar-refractivity contribution in [3.63, 3.8) is 0 Å². The molecule has 0 unspecified atom stereocenters. The fraction of sp³-hybridized carbons (Fsp3) is 0.133. The number of halogens is 3. The fourth-order valence-electron chi connectivity index (χ4n) is 1.82. The highest BCUT2D eigenvalue weighted by Crippen LogP contribution is 2.24. The number of hydrogen-bond acceptors (Lipinski definition) is 1. The maximum Gasteiger partial charge on any atom is 0.194 e. The highest BCUT2D eigenvalue weighted by atomic mass is 35.5. The summed E-state index contributed by atoms with van der Waals surface area (Å²) in [6, 6.07) is 6.44. The van der Waals surface area contributed by atoms with Crippen molar-refractivity contribution < 1.29 is 13.6 Å². The predicted octanol–water partition coefficient (Wildman–Crippen LogP) is 4.47. The lowest BCUT2D eigenvalue weighted by Crippen LogP contribution is -2.06. The molecule has 0 fully saturated rings. The normalized spacial score (nSPS) is 10.6. The largest absolute Gasteiger partial charge is 0.289 e. The SMILES string of the molecule is Cc1cc(C(=O)c2cc(F)ccc2C)c(Cl)cc1F. The molecule has 0 aliphatic carbocycles. The molecule has 0 aliphatic heterocycles. The molecule has 0 bridgehead atoms. The lowest BCUT2D eigenvalue weighted by molar-refractivity contribution is 0.103. The zero-order valence-corrected chi connectivity index (χ0v) is 11.2. The van der Waals surface area contributed by atoms with Crippen LogP contribution < -0.4 is 0 Å². The number of ketones is 1. The van der Waals surface area contributed by atoms with E-state index >= 15 is 0 Å². The molecule has 2 aromatic rings. The van der Waals surface area contributed by atoms with Crippen LogP contribution in [0.25, 0.3) is 0 Å². The molecule has 0 spiro atoms. The first-order valence-electron chi connectivity index (χ1n) is 5.66. The molecule has 0 radical (unpaired) electrons. The Morgan fingerprint density at radius 1 is 1.00 bits per heavy atom. The van der Waals surface area contributed by atoms with Gasteiger partial charge in [0.2, 0.25) is 0 Å². The highest BCUT2D eigenvalue weighted by molar-refractivity contribution is 6.35. The van der Waals surface area contributed by atoms with Gasteiger partial charge in [0.15, 0.2) is 5.78 Å². The molecule has 0 amide bonds. The lowest BCUT2D eigenvalue weighted by Gasteiger charge is -2.08. The van der Waals surface area contributed by atoms with E-state index in [-0.39, 0.29) is 16.1 Å². The number of hydrogen-bond donors (Lipinski definition) is 0. The Labute approximate surface area is 114 Å². The van der Waals surface area contributed by atoms with Crippen molar-refractivity contribution in [3.05, 3.63) is 69.2 Å². The van der Waals surface area contributed by atoms with Gasteiger partial charge in [0.05, 0.1) is 5.02 Å². The summed E-state index contributed by atoms with van der Waals surface area (Å²) in [4.78, 5) is 12.3. The van der Waals surface area contributed by atoms with Crippen LogP contribution in [-0.4, -0.2) is 5.78 Å². The fourth-order valence-corrected chi connectivity index (χ4v) is 2.05. The second-order valence-corrected chi connectivity index (χ2v) is 4.78. The molecule has 2 aromatic carbocycles. The molecule has 0 N–H and O–H groups in total. The lowest BCUT2D eigenvalue weighted by atomic mass is 9.97. The van der Waals surface area contributed by atoms with Gasteiger partial charge in [0.1, 0.15) is 11.6 Å². The minimum absolute atomic E-state index is 0.0248. The van der Waals surface area contributed by atoms with E-state index in [1.165, 1.54) is 18.2 Å². The third-order valence-electron chi connectivity index (χ3n) is 2.94. The molecular weight excluding hydrogens is 270 g/mol. The second-order valence-electron chi connectivity index (χ2n) is 4.37. The summed E-state index contributed by atoms with van der Waals surface area (Å²) in [5.74, 6) is -1.38. The summed E-state index contributed by atoms with van der Waals surface area (Å²) in [5.41, 5.74) is 1.37. The van der Waals surface area contributed by atoms with Crippen LogP contribution in [0.15, 0.2) is 30.3 Å². The smallest absolute Gasteiger partial charge is 0.194 e. The summed E-state index contributed by atoms with van der Waals surface area (Å²) in [7, 11) is 0. The van der Waals surface area contributed by atoms with Gasteiger partial charge in [-0.05, 0) is 49.2 Å². The van der Waals surface area contributed by atoms with Crippen molar-refractivity contribution in [2.45, 2.75) is 13.8 Å². The third kappa shape index (κ3) is 2.66. The van der Waals surface area contributed by atoms with Gasteiger partial charge in [-0.2, -0.15) is 0 Å². The van der Waals surface area contributed by atoms with Crippen molar-refractivity contribution in [3.8, 4) is 0 Å². The Morgan fingerprint density at radius 2 is 1.68 bits per heavy atom. The van der Waals surface area contributed by atoms with E-state index in [4.69, 9.17) is 11.6 Å². The van der Waals surface area contributed by atoms with Crippen LogP contribution >= 0.6 is 11.6 Å². The first-order valence-corrected chi connectivity index (χ1v) is 6.04. The van der Waals surface area contributed by atoms with E-state index in [1.54, 1.807) is 13.8 Å². The van der Waals surface area contributed by atoms with E-state index in [0.29, 0.717) is 11.1 Å². The van der Waals surface area contributed by atoms with Crippen molar-refractivity contribution >= 4 is 17.4 Å². The van der Waals surface area contributed by atoms with Crippen molar-refractivity contribution in [1.29, 1.82) is 0 Å². The molecule has 0 saturated heterocycles. The molecule has 0 saturated carbocycles. The Bertz CT molecular complexity index is 665. The summed E-state index contributed by atoms with van der Waals surface area (Å²) in [6.07, 6.45) is 0. The molecule has 98 valence electrons. The molecule has 0 atom stereocenters. The van der Waals surface area contributed by atoms with Crippen LogP contribution in [0.4, 0.5) is 8.78 Å². The number of benzene rings is 2. The molecule has 2 rings (SSSR count). The molecule has 4 heteroatoms. The zero-order valence-electron chi connectivity index (χ0n) is 10.4. The van der Waals surface area contributed by atoms with Gasteiger partial charge in [-0.15, -0.1) is 0 Å². The van der Waals surface area contributed by atoms with Crippen LogP contribution in [0.1, 0.15) is 27.0 Å². The average molecular weight is 281 g/mol. The van der Waals surface area contributed by atoms with Crippen LogP contribution in [0, 0.1) is 25.5 Å². The third-order valence-corrected chi connectivity index (χ3v) is 3.25. The molecule has 19 heavy (non-hydrogen) atoms. The Balaban J connectivity index is 2.56. The van der Waals surface area contributed by atoms with Gasteiger partial charge >= 0.3 is 0 Å². The highest BCUT2D eigenvalue weighted by Gasteiger charge is 2.17. The number of aryl methyl sites for hydroxylation is 2. The van der Waals surface area contributed by atoms with Crippen LogP contribution in [0.5, 0.6) is 0 Å². The number of rotatable bonds is 2. The van der Waals surface area contributed by atoms with Gasteiger partial charge in [-0.3, -0.25) is 4.79 Å². The maximum atomic E-state index is 13.3. The van der Waals surface area contributed by atoms with Crippen LogP contribution in [0.2, 0.25) is 5.02 Å². The monoisotopic (exact) mass is 280 g/mol. The average Bonchev–Trinajstić information content (AvgIpc) is 2.36. The van der Waals surface area contributed by atoms with Crippen molar-refractivity contribution in [1.82, 2.24) is 0 Å². The van der Waals surface area contributed by atoms with E-state index in [9.17, 15) is 13.6 Å². The van der Waals surface area contributed by atoms with E-state index in [0.717, 1.165) is 12.1 Å². The topological polar surface area (TPSA) is 17.1 Å². The van der Waals surface area contributed by atoms with Crippen molar-refractivity contribution in [2.24, 2.45) is 0 Å². The van der Waals surface area contributed by atoms with E-state index in [1.807, 2.05) is 0 Å². The Kier molecular flexibility index (Phi) is 3.67. The second kappa shape index (κ2) is 5.10. The molecule has 0 heterocycles. The molecule has 0 aromatic heterocycles. The summed E-state index contributed by atoms with van der Waals surface area (Å²) in [6.45, 7) is 3.25. The van der Waals surface area contributed by atoms with Gasteiger partial charge < -0.3 is 0 Å².